The Morgan fingerprint density at radius 1 is 0.391 bits per heavy atom. The molecule has 1 unspecified atom stereocenters. The van der Waals surface area contributed by atoms with Gasteiger partial charge in [-0.15, -0.1) is 0 Å². The lowest BCUT2D eigenvalue weighted by Gasteiger charge is -2.40. The van der Waals surface area contributed by atoms with Crippen molar-refractivity contribution in [3.63, 3.8) is 0 Å². The quantitative estimate of drug-likeness (QED) is 0.170. The molecule has 2 aliphatic rings. The Morgan fingerprint density at radius 3 is 1.96 bits per heavy atom. The van der Waals surface area contributed by atoms with E-state index in [4.69, 9.17) is 0 Å². The standard InChI is InChI=1S/C45H27N/c1-2-12-31-28(11-1)23-24-29-25-26-30(27-37(29)31)32-15-9-16-35-33-13-3-5-18-38(33)45(43(32)35)39-19-6-8-22-42(39)46-41-21-7-4-14-34(41)36-17-10-20-40(45)44(36)46/h1-27H. The lowest BCUT2D eigenvalue weighted by molar-refractivity contribution is 0.750. The molecule has 0 saturated heterocycles. The van der Waals surface area contributed by atoms with E-state index in [2.05, 4.69) is 168 Å². The van der Waals surface area contributed by atoms with Crippen molar-refractivity contribution in [3.8, 4) is 27.9 Å². The molecular weight excluding hydrogens is 555 g/mol. The summed E-state index contributed by atoms with van der Waals surface area (Å²) in [7, 11) is 0. The molecule has 1 aliphatic heterocycles. The van der Waals surface area contributed by atoms with E-state index in [0.29, 0.717) is 0 Å². The molecule has 0 radical (unpaired) electrons. The average Bonchev–Trinajstić information content (AvgIpc) is 3.62. The monoisotopic (exact) mass is 581 g/mol. The summed E-state index contributed by atoms with van der Waals surface area (Å²) >= 11 is 0. The molecule has 1 aliphatic carbocycles. The van der Waals surface area contributed by atoms with Crippen LogP contribution in [0.2, 0.25) is 0 Å². The molecule has 212 valence electrons. The number of fused-ring (bicyclic) bond motifs is 15. The molecule has 46 heavy (non-hydrogen) atoms. The minimum Gasteiger partial charge on any atom is -0.309 e. The maximum absolute atomic E-state index is 2.52. The molecule has 2 heterocycles. The van der Waals surface area contributed by atoms with Crippen LogP contribution in [0.3, 0.4) is 0 Å². The lowest BCUT2D eigenvalue weighted by atomic mass is 9.64. The fourth-order valence-corrected chi connectivity index (χ4v) is 9.03. The highest BCUT2D eigenvalue weighted by Crippen LogP contribution is 2.62. The highest BCUT2D eigenvalue weighted by molar-refractivity contribution is 6.13. The van der Waals surface area contributed by atoms with Crippen LogP contribution in [0.4, 0.5) is 0 Å². The van der Waals surface area contributed by atoms with Crippen molar-refractivity contribution in [2.75, 3.05) is 0 Å². The van der Waals surface area contributed by atoms with Gasteiger partial charge in [-0.25, -0.2) is 0 Å². The smallest absolute Gasteiger partial charge is 0.0760 e. The Bertz CT molecular complexity index is 2760. The van der Waals surface area contributed by atoms with Gasteiger partial charge in [0.15, 0.2) is 0 Å². The van der Waals surface area contributed by atoms with Crippen LogP contribution in [0, 0.1) is 0 Å². The van der Waals surface area contributed by atoms with Crippen molar-refractivity contribution in [3.05, 3.63) is 186 Å². The molecule has 0 amide bonds. The normalized spacial score (nSPS) is 15.9. The van der Waals surface area contributed by atoms with Gasteiger partial charge < -0.3 is 4.57 Å². The average molecular weight is 582 g/mol. The second-order valence-corrected chi connectivity index (χ2v) is 12.8. The van der Waals surface area contributed by atoms with Crippen LogP contribution in [-0.4, -0.2) is 4.57 Å². The van der Waals surface area contributed by atoms with E-state index in [-0.39, 0.29) is 0 Å². The third-order valence-electron chi connectivity index (χ3n) is 10.8. The van der Waals surface area contributed by atoms with Crippen molar-refractivity contribution in [2.45, 2.75) is 5.41 Å². The van der Waals surface area contributed by atoms with Crippen LogP contribution < -0.4 is 0 Å². The van der Waals surface area contributed by atoms with Crippen LogP contribution >= 0.6 is 0 Å². The number of hydrogen-bond donors (Lipinski definition) is 0. The van der Waals surface area contributed by atoms with Gasteiger partial charge in [-0.1, -0.05) is 146 Å². The Kier molecular flexibility index (Phi) is 4.57. The predicted molar refractivity (Wildman–Crippen MR) is 192 cm³/mol. The van der Waals surface area contributed by atoms with Crippen molar-refractivity contribution >= 4 is 43.4 Å². The fraction of sp³-hybridized carbons (Fsp3) is 0.0222. The minimum atomic E-state index is -0.475. The molecule has 0 bridgehead atoms. The number of rotatable bonds is 1. The van der Waals surface area contributed by atoms with E-state index in [1.165, 1.54) is 93.5 Å². The van der Waals surface area contributed by atoms with Gasteiger partial charge in [0.1, 0.15) is 0 Å². The van der Waals surface area contributed by atoms with E-state index in [0.717, 1.165) is 0 Å². The third-order valence-corrected chi connectivity index (χ3v) is 10.8. The number of benzene rings is 8. The molecule has 1 spiro atoms. The SMILES string of the molecule is c1ccc2c(c1)-c1cccc(-c3ccc4ccc5ccccc5c4c3)c1C21c2ccccc2-n2c3ccccc3c3cccc1c32. The van der Waals surface area contributed by atoms with E-state index in [1.807, 2.05) is 0 Å². The molecule has 1 nitrogen and oxygen atoms in total. The third kappa shape index (κ3) is 2.83. The molecule has 0 fully saturated rings. The first-order chi connectivity index (χ1) is 22.8. The Labute approximate surface area is 266 Å². The lowest BCUT2D eigenvalue weighted by Crippen LogP contribution is -2.34. The summed E-state index contributed by atoms with van der Waals surface area (Å²) in [5, 5.41) is 7.74. The Morgan fingerprint density at radius 2 is 1.02 bits per heavy atom. The second-order valence-electron chi connectivity index (χ2n) is 12.8. The van der Waals surface area contributed by atoms with E-state index in [9.17, 15) is 0 Å². The molecule has 1 atom stereocenters. The minimum absolute atomic E-state index is 0.475. The largest absolute Gasteiger partial charge is 0.309 e. The van der Waals surface area contributed by atoms with Gasteiger partial charge in [0.2, 0.25) is 0 Å². The number of para-hydroxylation sites is 3. The number of hydrogen-bond acceptors (Lipinski definition) is 0. The first kappa shape index (κ1) is 24.4. The predicted octanol–water partition coefficient (Wildman–Crippen LogP) is 11.4. The summed E-state index contributed by atoms with van der Waals surface area (Å²) in [5.41, 5.74) is 14.0. The van der Waals surface area contributed by atoms with Gasteiger partial charge in [-0.05, 0) is 84.3 Å². The highest BCUT2D eigenvalue weighted by atomic mass is 15.0. The van der Waals surface area contributed by atoms with Crippen molar-refractivity contribution in [1.29, 1.82) is 0 Å². The zero-order valence-electron chi connectivity index (χ0n) is 25.0. The van der Waals surface area contributed by atoms with Crippen LogP contribution in [0.5, 0.6) is 0 Å². The van der Waals surface area contributed by atoms with Gasteiger partial charge in [-0.3, -0.25) is 0 Å². The van der Waals surface area contributed by atoms with Crippen LogP contribution in [0.15, 0.2) is 164 Å². The second kappa shape index (κ2) is 8.62. The van der Waals surface area contributed by atoms with Gasteiger partial charge in [0.05, 0.1) is 22.1 Å². The summed E-state index contributed by atoms with van der Waals surface area (Å²) in [6.45, 7) is 0. The van der Waals surface area contributed by atoms with Crippen LogP contribution in [0.1, 0.15) is 22.3 Å². The van der Waals surface area contributed by atoms with Crippen LogP contribution in [0.25, 0.3) is 71.3 Å². The van der Waals surface area contributed by atoms with Crippen molar-refractivity contribution in [1.82, 2.24) is 4.57 Å². The summed E-state index contributed by atoms with van der Waals surface area (Å²) in [6, 6.07) is 61.4. The number of nitrogens with zero attached hydrogens (tertiary/aromatic N) is 1. The van der Waals surface area contributed by atoms with Crippen LogP contribution in [-0.2, 0) is 5.41 Å². The molecule has 0 saturated carbocycles. The molecule has 1 heteroatoms. The topological polar surface area (TPSA) is 4.93 Å². The van der Waals surface area contributed by atoms with E-state index < -0.39 is 5.41 Å². The molecule has 11 rings (SSSR count). The molecular formula is C45H27N. The Hall–Kier alpha value is -5.92. The molecule has 8 aromatic carbocycles. The maximum atomic E-state index is 2.52. The summed E-state index contributed by atoms with van der Waals surface area (Å²) in [5.74, 6) is 0. The van der Waals surface area contributed by atoms with Gasteiger partial charge >= 0.3 is 0 Å². The maximum Gasteiger partial charge on any atom is 0.0760 e. The zero-order chi connectivity index (χ0) is 30.0. The van der Waals surface area contributed by atoms with E-state index in [1.54, 1.807) is 0 Å². The molecule has 1 aromatic heterocycles. The molecule has 9 aromatic rings. The highest BCUT2D eigenvalue weighted by Gasteiger charge is 2.51. The fourth-order valence-electron chi connectivity index (χ4n) is 9.03. The Balaban J connectivity index is 1.33. The van der Waals surface area contributed by atoms with Gasteiger partial charge in [0, 0.05) is 10.8 Å². The number of aromatic nitrogens is 1. The molecule has 0 N–H and O–H groups in total. The summed E-state index contributed by atoms with van der Waals surface area (Å²) in [6.07, 6.45) is 0. The van der Waals surface area contributed by atoms with Gasteiger partial charge in [-0.2, -0.15) is 0 Å². The summed E-state index contributed by atoms with van der Waals surface area (Å²) < 4.78 is 2.52. The first-order valence-electron chi connectivity index (χ1n) is 16.1. The zero-order valence-corrected chi connectivity index (χ0v) is 25.0. The summed E-state index contributed by atoms with van der Waals surface area (Å²) in [4.78, 5) is 0. The van der Waals surface area contributed by atoms with E-state index >= 15 is 0 Å². The van der Waals surface area contributed by atoms with Crippen molar-refractivity contribution < 1.29 is 0 Å². The van der Waals surface area contributed by atoms with Crippen molar-refractivity contribution in [2.24, 2.45) is 0 Å². The first-order valence-corrected chi connectivity index (χ1v) is 16.1. The van der Waals surface area contributed by atoms with Gasteiger partial charge in [0.25, 0.3) is 0 Å².